The molecule has 98 valence electrons. The van der Waals surface area contributed by atoms with E-state index < -0.39 is 5.82 Å². The second-order valence-corrected chi connectivity index (χ2v) is 4.77. The number of rotatable bonds is 5. The lowest BCUT2D eigenvalue weighted by Gasteiger charge is -2.11. The summed E-state index contributed by atoms with van der Waals surface area (Å²) < 4.78 is 24.4. The standard InChI is InChI=1S/C13H16FNO2S/c14-12-4-3-9(6-11(12)13(15)18)7-16-8-10-2-1-5-17-10/h3-4,6,10H,1-2,5,7-8H2,(H2,15,18). The Bertz CT molecular complexity index is 433. The molecule has 0 aromatic heterocycles. The average Bonchev–Trinajstić information content (AvgIpc) is 2.84. The van der Waals surface area contributed by atoms with Crippen molar-refractivity contribution in [3.63, 3.8) is 0 Å². The summed E-state index contributed by atoms with van der Waals surface area (Å²) in [5, 5.41) is 0. The van der Waals surface area contributed by atoms with Crippen LogP contribution in [0.1, 0.15) is 24.0 Å². The number of nitrogens with two attached hydrogens (primary N) is 1. The molecule has 0 bridgehead atoms. The Balaban J connectivity index is 1.88. The van der Waals surface area contributed by atoms with Gasteiger partial charge in [0.15, 0.2) is 0 Å². The Morgan fingerprint density at radius 2 is 2.39 bits per heavy atom. The molecular formula is C13H16FNO2S. The van der Waals surface area contributed by atoms with Gasteiger partial charge in [0.1, 0.15) is 10.8 Å². The first kappa shape index (κ1) is 13.4. The van der Waals surface area contributed by atoms with Crippen LogP contribution in [0.4, 0.5) is 4.39 Å². The van der Waals surface area contributed by atoms with Gasteiger partial charge in [-0.2, -0.15) is 0 Å². The molecule has 1 aliphatic rings. The Hall–Kier alpha value is -1.04. The number of hydrogen-bond acceptors (Lipinski definition) is 3. The van der Waals surface area contributed by atoms with E-state index in [4.69, 9.17) is 27.4 Å². The summed E-state index contributed by atoms with van der Waals surface area (Å²) >= 11 is 4.79. The molecule has 5 heteroatoms. The molecule has 1 atom stereocenters. The molecule has 1 unspecified atom stereocenters. The molecule has 0 radical (unpaired) electrons. The Morgan fingerprint density at radius 3 is 3.06 bits per heavy atom. The van der Waals surface area contributed by atoms with Gasteiger partial charge in [-0.05, 0) is 30.5 Å². The lowest BCUT2D eigenvalue weighted by molar-refractivity contribution is 0.0106. The molecule has 1 fully saturated rings. The van der Waals surface area contributed by atoms with Crippen LogP contribution in [0, 0.1) is 5.82 Å². The van der Waals surface area contributed by atoms with E-state index in [0.29, 0.717) is 13.2 Å². The minimum Gasteiger partial charge on any atom is -0.389 e. The van der Waals surface area contributed by atoms with Gasteiger partial charge < -0.3 is 15.2 Å². The highest BCUT2D eigenvalue weighted by atomic mass is 32.1. The van der Waals surface area contributed by atoms with E-state index in [1.165, 1.54) is 6.07 Å². The molecule has 1 saturated heterocycles. The largest absolute Gasteiger partial charge is 0.389 e. The maximum Gasteiger partial charge on any atom is 0.133 e. The zero-order valence-electron chi connectivity index (χ0n) is 10.0. The molecule has 1 aromatic carbocycles. The van der Waals surface area contributed by atoms with Gasteiger partial charge >= 0.3 is 0 Å². The van der Waals surface area contributed by atoms with E-state index in [1.807, 2.05) is 0 Å². The zero-order chi connectivity index (χ0) is 13.0. The summed E-state index contributed by atoms with van der Waals surface area (Å²) in [5.74, 6) is -0.398. The van der Waals surface area contributed by atoms with Crippen LogP contribution < -0.4 is 5.73 Å². The minimum atomic E-state index is -0.398. The van der Waals surface area contributed by atoms with Gasteiger partial charge in [0.05, 0.1) is 19.3 Å². The predicted octanol–water partition coefficient (Wildman–Crippen LogP) is 2.16. The van der Waals surface area contributed by atoms with Gasteiger partial charge in [-0.3, -0.25) is 0 Å². The van der Waals surface area contributed by atoms with Crippen molar-refractivity contribution >= 4 is 17.2 Å². The molecule has 18 heavy (non-hydrogen) atoms. The fourth-order valence-electron chi connectivity index (χ4n) is 1.94. The third-order valence-corrected chi connectivity index (χ3v) is 3.11. The average molecular weight is 269 g/mol. The number of thiocarbonyl (C=S) groups is 1. The summed E-state index contributed by atoms with van der Waals surface area (Å²) in [6, 6.07) is 4.67. The van der Waals surface area contributed by atoms with Gasteiger partial charge in [0, 0.05) is 12.2 Å². The van der Waals surface area contributed by atoms with Crippen LogP contribution in [-0.4, -0.2) is 24.3 Å². The van der Waals surface area contributed by atoms with Crippen LogP contribution >= 0.6 is 12.2 Å². The van der Waals surface area contributed by atoms with Gasteiger partial charge in [-0.1, -0.05) is 18.3 Å². The van der Waals surface area contributed by atoms with E-state index in [1.54, 1.807) is 12.1 Å². The summed E-state index contributed by atoms with van der Waals surface area (Å²) in [5.41, 5.74) is 6.57. The van der Waals surface area contributed by atoms with Crippen LogP contribution in [0.15, 0.2) is 18.2 Å². The van der Waals surface area contributed by atoms with Crippen molar-refractivity contribution in [2.45, 2.75) is 25.6 Å². The SMILES string of the molecule is NC(=S)c1cc(COCC2CCCO2)ccc1F. The van der Waals surface area contributed by atoms with E-state index in [-0.39, 0.29) is 16.7 Å². The molecule has 0 saturated carbocycles. The van der Waals surface area contributed by atoms with E-state index >= 15 is 0 Å². The first-order valence-electron chi connectivity index (χ1n) is 5.94. The second kappa shape index (κ2) is 6.22. The molecule has 2 N–H and O–H groups in total. The Morgan fingerprint density at radius 1 is 1.56 bits per heavy atom. The lowest BCUT2D eigenvalue weighted by Crippen LogP contribution is -2.15. The molecule has 3 nitrogen and oxygen atoms in total. The van der Waals surface area contributed by atoms with Crippen LogP contribution in [0.5, 0.6) is 0 Å². The first-order valence-corrected chi connectivity index (χ1v) is 6.35. The number of ether oxygens (including phenoxy) is 2. The van der Waals surface area contributed by atoms with Gasteiger partial charge in [0.25, 0.3) is 0 Å². The fourth-order valence-corrected chi connectivity index (χ4v) is 2.09. The summed E-state index contributed by atoms with van der Waals surface area (Å²) in [6.07, 6.45) is 2.33. The van der Waals surface area contributed by atoms with Crippen molar-refractivity contribution in [3.05, 3.63) is 35.1 Å². The van der Waals surface area contributed by atoms with Crippen LogP contribution in [0.25, 0.3) is 0 Å². The molecular weight excluding hydrogens is 253 g/mol. The van der Waals surface area contributed by atoms with Gasteiger partial charge in [0.2, 0.25) is 0 Å². The minimum absolute atomic E-state index is 0.0634. The number of hydrogen-bond donors (Lipinski definition) is 1. The van der Waals surface area contributed by atoms with Crippen molar-refractivity contribution < 1.29 is 13.9 Å². The van der Waals surface area contributed by atoms with E-state index in [2.05, 4.69) is 0 Å². The second-order valence-electron chi connectivity index (χ2n) is 4.33. The van der Waals surface area contributed by atoms with Crippen LogP contribution in [0.2, 0.25) is 0 Å². The van der Waals surface area contributed by atoms with E-state index in [0.717, 1.165) is 25.0 Å². The van der Waals surface area contributed by atoms with Crippen molar-refractivity contribution in [1.29, 1.82) is 0 Å². The molecule has 0 aliphatic carbocycles. The van der Waals surface area contributed by atoms with Gasteiger partial charge in [-0.15, -0.1) is 0 Å². The van der Waals surface area contributed by atoms with Crippen molar-refractivity contribution in [2.75, 3.05) is 13.2 Å². The summed E-state index contributed by atoms with van der Waals surface area (Å²) in [6.45, 7) is 1.80. The maximum absolute atomic E-state index is 13.4. The fraction of sp³-hybridized carbons (Fsp3) is 0.462. The highest BCUT2D eigenvalue weighted by Crippen LogP contribution is 2.14. The topological polar surface area (TPSA) is 44.5 Å². The third-order valence-electron chi connectivity index (χ3n) is 2.89. The first-order chi connectivity index (χ1) is 8.66. The van der Waals surface area contributed by atoms with Crippen LogP contribution in [-0.2, 0) is 16.1 Å². The number of benzene rings is 1. The van der Waals surface area contributed by atoms with Gasteiger partial charge in [-0.25, -0.2) is 4.39 Å². The highest BCUT2D eigenvalue weighted by Gasteiger charge is 2.15. The molecule has 1 aliphatic heterocycles. The predicted molar refractivity (Wildman–Crippen MR) is 70.9 cm³/mol. The summed E-state index contributed by atoms with van der Waals surface area (Å²) in [4.78, 5) is 0.0634. The molecule has 0 spiro atoms. The molecule has 1 aromatic rings. The molecule has 0 amide bonds. The smallest absolute Gasteiger partial charge is 0.133 e. The quantitative estimate of drug-likeness (QED) is 0.832. The lowest BCUT2D eigenvalue weighted by atomic mass is 10.1. The molecule has 2 rings (SSSR count). The van der Waals surface area contributed by atoms with Crippen LogP contribution in [0.3, 0.4) is 0 Å². The zero-order valence-corrected chi connectivity index (χ0v) is 10.8. The highest BCUT2D eigenvalue weighted by molar-refractivity contribution is 7.80. The van der Waals surface area contributed by atoms with Crippen molar-refractivity contribution in [1.82, 2.24) is 0 Å². The maximum atomic E-state index is 13.4. The Labute approximate surface area is 111 Å². The monoisotopic (exact) mass is 269 g/mol. The van der Waals surface area contributed by atoms with Crippen molar-refractivity contribution in [2.24, 2.45) is 5.73 Å². The normalized spacial score (nSPS) is 19.1. The number of halogens is 1. The Kier molecular flexibility index (Phi) is 4.63. The molecule has 1 heterocycles. The van der Waals surface area contributed by atoms with E-state index in [9.17, 15) is 4.39 Å². The summed E-state index contributed by atoms with van der Waals surface area (Å²) in [7, 11) is 0. The van der Waals surface area contributed by atoms with Crippen molar-refractivity contribution in [3.8, 4) is 0 Å². The third kappa shape index (κ3) is 3.48.